The van der Waals surface area contributed by atoms with Crippen LogP contribution >= 0.6 is 0 Å². The van der Waals surface area contributed by atoms with Crippen molar-refractivity contribution in [1.82, 2.24) is 0 Å². The van der Waals surface area contributed by atoms with Gasteiger partial charge in [0.15, 0.2) is 0 Å². The molecule has 7 heteroatoms. The second-order valence-corrected chi connectivity index (χ2v) is 9.98. The van der Waals surface area contributed by atoms with Crippen LogP contribution in [0.1, 0.15) is 51.0 Å². The Morgan fingerprint density at radius 2 is 1.86 bits per heavy atom. The fraction of sp³-hybridized carbons (Fsp3) is 0.607. The number of hydrogen-bond donors (Lipinski definition) is 5. The molecule has 0 unspecified atom stereocenters. The molecule has 0 spiro atoms. The Hall–Kier alpha value is -2.03. The second kappa shape index (κ2) is 15.2. The summed E-state index contributed by atoms with van der Waals surface area (Å²) in [6.07, 6.45) is 9.47. The highest BCUT2D eigenvalue weighted by Crippen LogP contribution is 2.36. The molecule has 1 saturated carbocycles. The van der Waals surface area contributed by atoms with Crippen LogP contribution in [0.25, 0.3) is 0 Å². The van der Waals surface area contributed by atoms with E-state index < -0.39 is 23.7 Å². The number of allylic oxidation sites excluding steroid dienone is 2. The van der Waals surface area contributed by atoms with Gasteiger partial charge in [0, 0.05) is 24.2 Å². The average Bonchev–Trinajstić information content (AvgIpc) is 3.14. The Kier molecular flexibility index (Phi) is 12.7. The van der Waals surface area contributed by atoms with E-state index in [0.717, 1.165) is 6.42 Å². The van der Waals surface area contributed by atoms with Gasteiger partial charge in [0.25, 0.3) is 0 Å². The van der Waals surface area contributed by atoms with E-state index in [0.29, 0.717) is 32.1 Å². The summed E-state index contributed by atoms with van der Waals surface area (Å²) in [5, 5.41) is 49.6. The van der Waals surface area contributed by atoms with Gasteiger partial charge in [0.1, 0.15) is 6.61 Å². The van der Waals surface area contributed by atoms with Crippen LogP contribution in [0.5, 0.6) is 0 Å². The monoisotopic (exact) mass is 490 g/mol. The maximum absolute atomic E-state index is 11.8. The molecule has 5 atom stereocenters. The van der Waals surface area contributed by atoms with E-state index in [-0.39, 0.29) is 44.0 Å². The van der Waals surface area contributed by atoms with E-state index in [1.807, 2.05) is 48.6 Å². The van der Waals surface area contributed by atoms with Gasteiger partial charge < -0.3 is 30.3 Å². The summed E-state index contributed by atoms with van der Waals surface area (Å²) in [5.41, 5.74) is 0.340. The van der Waals surface area contributed by atoms with Gasteiger partial charge >= 0.3 is 5.97 Å². The zero-order valence-corrected chi connectivity index (χ0v) is 20.7. The normalized spacial score (nSPS) is 23.8. The summed E-state index contributed by atoms with van der Waals surface area (Å²) in [6.45, 7) is 1.10. The van der Waals surface area contributed by atoms with Crippen LogP contribution < -0.4 is 0 Å². The van der Waals surface area contributed by atoms with E-state index in [1.54, 1.807) is 13.0 Å². The first-order valence-electron chi connectivity index (χ1n) is 12.6. The number of benzene rings is 1. The lowest BCUT2D eigenvalue weighted by molar-refractivity contribution is -0.149. The van der Waals surface area contributed by atoms with Crippen molar-refractivity contribution < 1.29 is 35.1 Å². The molecule has 196 valence electrons. The van der Waals surface area contributed by atoms with Crippen LogP contribution in [-0.4, -0.2) is 69.6 Å². The first-order chi connectivity index (χ1) is 16.8. The fourth-order valence-corrected chi connectivity index (χ4v) is 4.22. The van der Waals surface area contributed by atoms with E-state index in [9.17, 15) is 30.3 Å². The Labute approximate surface area is 208 Å². The Bertz CT molecular complexity index is 788. The standard InChI is InChI=1S/C28H42O7/c1-28(18-29,19-30)20-35-27(34)12-8-3-2-7-11-23-24(26(33)17-25(23)32)16-15-22(31)14-13-21-9-5-4-6-10-21/h2,4-7,9-10,15-16,22-26,29-33H,3,8,11-14,17-20H2,1H3/b7-2-,16-15+/t22-,23+,24+,25-,26+/m0/s1. The minimum absolute atomic E-state index is 0.0214. The highest BCUT2D eigenvalue weighted by atomic mass is 16.5. The molecule has 0 amide bonds. The number of hydrogen-bond acceptors (Lipinski definition) is 7. The van der Waals surface area contributed by atoms with Gasteiger partial charge in [-0.3, -0.25) is 4.79 Å². The Morgan fingerprint density at radius 1 is 1.14 bits per heavy atom. The molecule has 35 heavy (non-hydrogen) atoms. The predicted octanol–water partition coefficient (Wildman–Crippen LogP) is 2.54. The van der Waals surface area contributed by atoms with E-state index in [2.05, 4.69) is 0 Å². The van der Waals surface area contributed by atoms with E-state index in [4.69, 9.17) is 4.74 Å². The lowest BCUT2D eigenvalue weighted by Crippen LogP contribution is -2.32. The first-order valence-corrected chi connectivity index (χ1v) is 12.6. The molecule has 7 nitrogen and oxygen atoms in total. The Morgan fingerprint density at radius 3 is 2.54 bits per heavy atom. The third-order valence-corrected chi connectivity index (χ3v) is 6.71. The molecule has 1 fully saturated rings. The number of carbonyl (C=O) groups is 1. The smallest absolute Gasteiger partial charge is 0.305 e. The number of esters is 1. The van der Waals surface area contributed by atoms with Crippen molar-refractivity contribution in [3.63, 3.8) is 0 Å². The second-order valence-electron chi connectivity index (χ2n) is 9.98. The maximum atomic E-state index is 11.8. The van der Waals surface area contributed by atoms with Crippen molar-refractivity contribution in [2.75, 3.05) is 19.8 Å². The number of carbonyl (C=O) groups excluding carboxylic acids is 1. The van der Waals surface area contributed by atoms with Crippen molar-refractivity contribution in [2.45, 2.75) is 70.2 Å². The van der Waals surface area contributed by atoms with Crippen LogP contribution in [-0.2, 0) is 16.0 Å². The molecule has 1 aromatic rings. The van der Waals surface area contributed by atoms with Crippen molar-refractivity contribution in [1.29, 1.82) is 0 Å². The van der Waals surface area contributed by atoms with Gasteiger partial charge in [-0.15, -0.1) is 0 Å². The van der Waals surface area contributed by atoms with Crippen LogP contribution in [0.3, 0.4) is 0 Å². The molecular weight excluding hydrogens is 448 g/mol. The van der Waals surface area contributed by atoms with Crippen LogP contribution in [0, 0.1) is 17.3 Å². The van der Waals surface area contributed by atoms with Crippen molar-refractivity contribution in [2.24, 2.45) is 17.3 Å². The molecule has 0 bridgehead atoms. The molecule has 1 aliphatic carbocycles. The number of aliphatic hydroxyl groups excluding tert-OH is 5. The van der Waals surface area contributed by atoms with E-state index >= 15 is 0 Å². The number of ether oxygens (including phenoxy) is 1. The van der Waals surface area contributed by atoms with Crippen LogP contribution in [0.15, 0.2) is 54.6 Å². The molecule has 0 saturated heterocycles. The highest BCUT2D eigenvalue weighted by molar-refractivity contribution is 5.69. The van der Waals surface area contributed by atoms with Crippen molar-refractivity contribution in [3.8, 4) is 0 Å². The molecular formula is C28H42O7. The summed E-state index contributed by atoms with van der Waals surface area (Å²) >= 11 is 0. The number of aliphatic hydroxyl groups is 5. The summed E-state index contributed by atoms with van der Waals surface area (Å²) in [5.74, 6) is -0.710. The van der Waals surface area contributed by atoms with Gasteiger partial charge in [-0.25, -0.2) is 0 Å². The van der Waals surface area contributed by atoms with E-state index in [1.165, 1.54) is 5.56 Å². The third-order valence-electron chi connectivity index (χ3n) is 6.71. The van der Waals surface area contributed by atoms with Gasteiger partial charge in [0.2, 0.25) is 0 Å². The minimum atomic E-state index is -0.828. The molecule has 1 aliphatic rings. The molecule has 5 N–H and O–H groups in total. The highest BCUT2D eigenvalue weighted by Gasteiger charge is 2.39. The topological polar surface area (TPSA) is 127 Å². The zero-order chi connectivity index (χ0) is 25.7. The SMILES string of the molecule is CC(CO)(CO)COC(=O)CCC/C=C\C[C@@H]1[C@@H](/C=C/[C@@H](O)CCc2ccccc2)[C@H](O)C[C@@H]1O. The van der Waals surface area contributed by atoms with Gasteiger partial charge in [-0.05, 0) is 43.6 Å². The maximum Gasteiger partial charge on any atom is 0.305 e. The molecule has 2 rings (SSSR count). The summed E-state index contributed by atoms with van der Waals surface area (Å²) in [6, 6.07) is 9.98. The molecule has 0 aromatic heterocycles. The third kappa shape index (κ3) is 10.2. The van der Waals surface area contributed by atoms with Crippen LogP contribution in [0.4, 0.5) is 0 Å². The number of aryl methyl sites for hydroxylation is 1. The van der Waals surface area contributed by atoms with Gasteiger partial charge in [0.05, 0.1) is 31.5 Å². The molecule has 0 aliphatic heterocycles. The molecule has 0 heterocycles. The average molecular weight is 491 g/mol. The first kappa shape index (κ1) is 29.2. The summed E-state index contributed by atoms with van der Waals surface area (Å²) < 4.78 is 5.13. The van der Waals surface area contributed by atoms with Crippen molar-refractivity contribution >= 4 is 5.97 Å². The number of rotatable bonds is 15. The summed E-state index contributed by atoms with van der Waals surface area (Å²) in [4.78, 5) is 11.8. The fourth-order valence-electron chi connectivity index (χ4n) is 4.22. The Balaban J connectivity index is 1.72. The lowest BCUT2D eigenvalue weighted by Gasteiger charge is -2.23. The van der Waals surface area contributed by atoms with Gasteiger partial charge in [-0.1, -0.05) is 61.6 Å². The van der Waals surface area contributed by atoms with Gasteiger partial charge in [-0.2, -0.15) is 0 Å². The lowest BCUT2D eigenvalue weighted by atomic mass is 9.89. The largest absolute Gasteiger partial charge is 0.465 e. The zero-order valence-electron chi connectivity index (χ0n) is 20.7. The summed E-state index contributed by atoms with van der Waals surface area (Å²) in [7, 11) is 0. The predicted molar refractivity (Wildman–Crippen MR) is 134 cm³/mol. The quantitative estimate of drug-likeness (QED) is 0.145. The number of unbranched alkanes of at least 4 members (excludes halogenated alkanes) is 1. The van der Waals surface area contributed by atoms with Crippen LogP contribution in [0.2, 0.25) is 0 Å². The molecule has 1 aromatic carbocycles. The molecule has 0 radical (unpaired) electrons. The minimum Gasteiger partial charge on any atom is -0.465 e. The van der Waals surface area contributed by atoms with Crippen molar-refractivity contribution in [3.05, 3.63) is 60.2 Å².